The molecule has 1 aliphatic heterocycles. The van der Waals surface area contributed by atoms with E-state index in [1.807, 2.05) is 0 Å². The average Bonchev–Trinajstić information content (AvgIpc) is 2.24. The van der Waals surface area contributed by atoms with Crippen molar-refractivity contribution >= 4 is 0 Å². The summed E-state index contributed by atoms with van der Waals surface area (Å²) in [6.07, 6.45) is 7.20. The van der Waals surface area contributed by atoms with Crippen molar-refractivity contribution in [1.82, 2.24) is 5.32 Å². The Labute approximate surface area is 93.8 Å². The van der Waals surface area contributed by atoms with Crippen LogP contribution in [0.15, 0.2) is 0 Å². The summed E-state index contributed by atoms with van der Waals surface area (Å²) in [7, 11) is 0. The van der Waals surface area contributed by atoms with E-state index in [9.17, 15) is 0 Å². The van der Waals surface area contributed by atoms with Gasteiger partial charge in [-0.05, 0) is 25.7 Å². The van der Waals surface area contributed by atoms with Crippen molar-refractivity contribution in [3.05, 3.63) is 0 Å². The summed E-state index contributed by atoms with van der Waals surface area (Å²) in [4.78, 5) is 0. The normalized spacial score (nSPS) is 28.4. The predicted molar refractivity (Wildman–Crippen MR) is 63.0 cm³/mol. The summed E-state index contributed by atoms with van der Waals surface area (Å²) in [6, 6.07) is 0.697. The first-order valence-corrected chi connectivity index (χ1v) is 6.51. The van der Waals surface area contributed by atoms with E-state index < -0.39 is 0 Å². The molecule has 1 heterocycles. The second-order valence-corrected chi connectivity index (χ2v) is 5.87. The molecule has 2 nitrogen and oxygen atoms in total. The van der Waals surface area contributed by atoms with E-state index in [0.29, 0.717) is 11.5 Å². The van der Waals surface area contributed by atoms with Crippen LogP contribution in [-0.2, 0) is 4.74 Å². The van der Waals surface area contributed by atoms with Gasteiger partial charge in [-0.3, -0.25) is 0 Å². The van der Waals surface area contributed by atoms with Crippen LogP contribution in [0.1, 0.15) is 46.0 Å². The quantitative estimate of drug-likeness (QED) is 0.771. The fourth-order valence-corrected chi connectivity index (χ4v) is 2.76. The van der Waals surface area contributed by atoms with Crippen LogP contribution in [-0.4, -0.2) is 25.8 Å². The van der Waals surface area contributed by atoms with Gasteiger partial charge >= 0.3 is 0 Å². The molecule has 2 rings (SSSR count). The zero-order valence-corrected chi connectivity index (χ0v) is 10.2. The topological polar surface area (TPSA) is 21.3 Å². The molecule has 0 spiro atoms. The zero-order chi connectivity index (χ0) is 10.7. The molecule has 0 amide bonds. The molecule has 2 heteroatoms. The largest absolute Gasteiger partial charge is 0.380 e. The number of nitrogens with one attached hydrogen (secondary N) is 1. The molecule has 1 N–H and O–H groups in total. The van der Waals surface area contributed by atoms with Crippen molar-refractivity contribution in [2.75, 3.05) is 19.8 Å². The molecule has 1 aliphatic carbocycles. The average molecular weight is 211 g/mol. The summed E-state index contributed by atoms with van der Waals surface area (Å²) >= 11 is 0. The van der Waals surface area contributed by atoms with Crippen LogP contribution in [0.3, 0.4) is 0 Å². The minimum Gasteiger partial charge on any atom is -0.380 e. The number of ether oxygens (including phenoxy) is 1. The third-order valence-electron chi connectivity index (χ3n) is 4.11. The maximum atomic E-state index is 5.28. The molecule has 0 aromatic rings. The van der Waals surface area contributed by atoms with E-state index in [1.165, 1.54) is 32.1 Å². The van der Waals surface area contributed by atoms with Crippen LogP contribution >= 0.6 is 0 Å². The number of rotatable bonds is 4. The summed E-state index contributed by atoms with van der Waals surface area (Å²) in [5.41, 5.74) is 0.420. The van der Waals surface area contributed by atoms with Gasteiger partial charge in [-0.25, -0.2) is 0 Å². The second kappa shape index (κ2) is 4.84. The third-order valence-corrected chi connectivity index (χ3v) is 4.11. The van der Waals surface area contributed by atoms with Gasteiger partial charge in [-0.2, -0.15) is 0 Å². The molecular weight excluding hydrogens is 186 g/mol. The Morgan fingerprint density at radius 3 is 2.47 bits per heavy atom. The van der Waals surface area contributed by atoms with Gasteiger partial charge in [0, 0.05) is 18.0 Å². The Hall–Kier alpha value is -0.0800. The van der Waals surface area contributed by atoms with Crippen LogP contribution in [0.4, 0.5) is 0 Å². The number of hydrogen-bond acceptors (Lipinski definition) is 2. The SMILES string of the molecule is C[C@@H](NCC1(C)COC1)C1CCCCC1. The Morgan fingerprint density at radius 2 is 1.93 bits per heavy atom. The van der Waals surface area contributed by atoms with Crippen LogP contribution in [0, 0.1) is 11.3 Å². The van der Waals surface area contributed by atoms with Crippen molar-refractivity contribution in [2.45, 2.75) is 52.0 Å². The summed E-state index contributed by atoms with van der Waals surface area (Å²) in [5.74, 6) is 0.920. The van der Waals surface area contributed by atoms with Gasteiger partial charge in [-0.15, -0.1) is 0 Å². The lowest BCUT2D eigenvalue weighted by Gasteiger charge is -2.40. The van der Waals surface area contributed by atoms with Gasteiger partial charge in [-0.1, -0.05) is 26.2 Å². The predicted octanol–water partition coefficient (Wildman–Crippen LogP) is 2.58. The Balaban J connectivity index is 1.69. The highest BCUT2D eigenvalue weighted by Crippen LogP contribution is 2.28. The highest BCUT2D eigenvalue weighted by atomic mass is 16.5. The molecule has 1 saturated carbocycles. The molecule has 1 saturated heterocycles. The van der Waals surface area contributed by atoms with Crippen molar-refractivity contribution in [3.8, 4) is 0 Å². The van der Waals surface area contributed by atoms with Crippen molar-refractivity contribution in [2.24, 2.45) is 11.3 Å². The Bertz CT molecular complexity index is 195. The lowest BCUT2D eigenvalue weighted by molar-refractivity contribution is -0.100. The smallest absolute Gasteiger partial charge is 0.0554 e. The minimum atomic E-state index is 0.420. The highest BCUT2D eigenvalue weighted by Gasteiger charge is 2.33. The molecule has 2 fully saturated rings. The van der Waals surface area contributed by atoms with E-state index in [0.717, 1.165) is 25.7 Å². The summed E-state index contributed by atoms with van der Waals surface area (Å²) in [6.45, 7) is 7.69. The zero-order valence-electron chi connectivity index (χ0n) is 10.2. The first kappa shape index (κ1) is 11.4. The van der Waals surface area contributed by atoms with E-state index in [-0.39, 0.29) is 0 Å². The van der Waals surface area contributed by atoms with Gasteiger partial charge in [0.2, 0.25) is 0 Å². The third kappa shape index (κ3) is 2.94. The van der Waals surface area contributed by atoms with Crippen LogP contribution < -0.4 is 5.32 Å². The first-order valence-electron chi connectivity index (χ1n) is 6.51. The van der Waals surface area contributed by atoms with Crippen LogP contribution in [0.5, 0.6) is 0 Å². The molecule has 0 aromatic heterocycles. The molecule has 0 unspecified atom stereocenters. The van der Waals surface area contributed by atoms with Crippen molar-refractivity contribution < 1.29 is 4.74 Å². The summed E-state index contributed by atoms with van der Waals surface area (Å²) in [5, 5.41) is 3.71. The molecule has 15 heavy (non-hydrogen) atoms. The summed E-state index contributed by atoms with van der Waals surface area (Å²) < 4.78 is 5.28. The molecule has 2 aliphatic rings. The standard InChI is InChI=1S/C13H25NO/c1-11(12-6-4-3-5-7-12)14-8-13(2)9-15-10-13/h11-12,14H,3-10H2,1-2H3/t11-/m1/s1. The van der Waals surface area contributed by atoms with E-state index in [2.05, 4.69) is 19.2 Å². The van der Waals surface area contributed by atoms with E-state index in [1.54, 1.807) is 0 Å². The monoisotopic (exact) mass is 211 g/mol. The van der Waals surface area contributed by atoms with Gasteiger partial charge in [0.15, 0.2) is 0 Å². The molecule has 1 atom stereocenters. The van der Waals surface area contributed by atoms with Gasteiger partial charge in [0.05, 0.1) is 13.2 Å². The van der Waals surface area contributed by atoms with Crippen molar-refractivity contribution in [1.29, 1.82) is 0 Å². The van der Waals surface area contributed by atoms with Crippen LogP contribution in [0.2, 0.25) is 0 Å². The van der Waals surface area contributed by atoms with E-state index in [4.69, 9.17) is 4.74 Å². The number of hydrogen-bond donors (Lipinski definition) is 1. The van der Waals surface area contributed by atoms with Crippen molar-refractivity contribution in [3.63, 3.8) is 0 Å². The molecule has 0 aromatic carbocycles. The molecule has 88 valence electrons. The van der Waals surface area contributed by atoms with Crippen LogP contribution in [0.25, 0.3) is 0 Å². The maximum absolute atomic E-state index is 5.28. The first-order chi connectivity index (χ1) is 7.20. The van der Waals surface area contributed by atoms with Gasteiger partial charge in [0.25, 0.3) is 0 Å². The Morgan fingerprint density at radius 1 is 1.27 bits per heavy atom. The lowest BCUT2D eigenvalue weighted by atomic mass is 9.83. The molecule has 0 bridgehead atoms. The fraction of sp³-hybridized carbons (Fsp3) is 1.00. The van der Waals surface area contributed by atoms with Gasteiger partial charge < -0.3 is 10.1 Å². The molecular formula is C13H25NO. The lowest BCUT2D eigenvalue weighted by Crippen LogP contribution is -2.50. The second-order valence-electron chi connectivity index (χ2n) is 5.87. The fourth-order valence-electron chi connectivity index (χ4n) is 2.76. The van der Waals surface area contributed by atoms with Gasteiger partial charge in [0.1, 0.15) is 0 Å². The molecule has 0 radical (unpaired) electrons. The highest BCUT2D eigenvalue weighted by molar-refractivity contribution is 4.85. The minimum absolute atomic E-state index is 0.420. The Kier molecular flexibility index (Phi) is 3.68. The van der Waals surface area contributed by atoms with E-state index >= 15 is 0 Å². The maximum Gasteiger partial charge on any atom is 0.0554 e.